The van der Waals surface area contributed by atoms with E-state index in [1.807, 2.05) is 25.1 Å². The first kappa shape index (κ1) is 16.4. The maximum atomic E-state index is 12.6. The van der Waals surface area contributed by atoms with Crippen molar-refractivity contribution in [2.45, 2.75) is 26.6 Å². The number of anilines is 1. The number of nitrogens with zero attached hydrogens (tertiary/aromatic N) is 3. The summed E-state index contributed by atoms with van der Waals surface area (Å²) in [5.74, 6) is -0.481. The minimum absolute atomic E-state index is 0.261. The van der Waals surface area contributed by atoms with Gasteiger partial charge in [0.25, 0.3) is 0 Å². The number of carbonyl (C=O) groups is 1. The smallest absolute Gasteiger partial charge is 0.300 e. The van der Waals surface area contributed by atoms with Crippen LogP contribution in [0, 0.1) is 13.8 Å². The molecule has 0 saturated heterocycles. The molecule has 9 heteroatoms. The maximum Gasteiger partial charge on any atom is 0.435 e. The molecule has 0 saturated carbocycles. The number of carbonyl (C=O) groups excluding carboxylic acids is 1. The average molecular weight is 354 g/mol. The number of amides is 1. The summed E-state index contributed by atoms with van der Waals surface area (Å²) in [5.41, 5.74) is 1.09. The molecule has 24 heavy (non-hydrogen) atoms. The van der Waals surface area contributed by atoms with E-state index in [4.69, 9.17) is 0 Å². The summed E-state index contributed by atoms with van der Waals surface area (Å²) >= 11 is 1.31. The second-order valence-electron chi connectivity index (χ2n) is 5.36. The summed E-state index contributed by atoms with van der Waals surface area (Å²) in [6.45, 7) is 3.11. The molecule has 0 unspecified atom stereocenters. The van der Waals surface area contributed by atoms with Gasteiger partial charge in [-0.1, -0.05) is 17.4 Å². The van der Waals surface area contributed by atoms with Crippen molar-refractivity contribution in [3.63, 3.8) is 0 Å². The highest BCUT2D eigenvalue weighted by atomic mass is 32.1. The van der Waals surface area contributed by atoms with Crippen LogP contribution in [0.15, 0.2) is 24.3 Å². The van der Waals surface area contributed by atoms with E-state index in [1.165, 1.54) is 18.3 Å². The van der Waals surface area contributed by atoms with Gasteiger partial charge in [-0.05, 0) is 37.6 Å². The van der Waals surface area contributed by atoms with Crippen molar-refractivity contribution in [2.24, 2.45) is 0 Å². The van der Waals surface area contributed by atoms with Gasteiger partial charge in [0.05, 0.1) is 10.2 Å². The van der Waals surface area contributed by atoms with Crippen LogP contribution >= 0.6 is 11.3 Å². The number of thiazole rings is 1. The van der Waals surface area contributed by atoms with Gasteiger partial charge in [0.2, 0.25) is 5.91 Å². The second-order valence-corrected chi connectivity index (χ2v) is 6.40. The Labute approximate surface area is 139 Å². The first-order valence-corrected chi connectivity index (χ1v) is 7.83. The van der Waals surface area contributed by atoms with Crippen LogP contribution < -0.4 is 5.32 Å². The van der Waals surface area contributed by atoms with Gasteiger partial charge in [-0.2, -0.15) is 18.3 Å². The van der Waals surface area contributed by atoms with Crippen LogP contribution in [0.1, 0.15) is 17.0 Å². The number of halogens is 3. The lowest BCUT2D eigenvalue weighted by molar-refractivity contribution is -0.141. The average Bonchev–Trinajstić information content (AvgIpc) is 3.01. The number of aryl methyl sites for hydroxylation is 2. The van der Waals surface area contributed by atoms with Crippen LogP contribution in [0.3, 0.4) is 0 Å². The van der Waals surface area contributed by atoms with Gasteiger partial charge >= 0.3 is 6.18 Å². The molecule has 0 radical (unpaired) electrons. The second kappa shape index (κ2) is 5.90. The van der Waals surface area contributed by atoms with Crippen LogP contribution in [0.5, 0.6) is 0 Å². The maximum absolute atomic E-state index is 12.6. The Balaban J connectivity index is 1.74. The zero-order chi connectivity index (χ0) is 17.5. The van der Waals surface area contributed by atoms with Crippen molar-refractivity contribution in [3.05, 3.63) is 41.2 Å². The summed E-state index contributed by atoms with van der Waals surface area (Å²) < 4.78 is 39.8. The summed E-state index contributed by atoms with van der Waals surface area (Å²) in [4.78, 5) is 16.3. The molecule has 5 nitrogen and oxygen atoms in total. The van der Waals surface area contributed by atoms with Crippen molar-refractivity contribution in [3.8, 4) is 0 Å². The number of nitrogens with one attached hydrogen (secondary N) is 1. The van der Waals surface area contributed by atoms with Crippen LogP contribution in [0.4, 0.5) is 18.3 Å². The molecular weight excluding hydrogens is 341 g/mol. The molecule has 1 N–H and O–H groups in total. The lowest BCUT2D eigenvalue weighted by Crippen LogP contribution is -2.20. The zero-order valence-electron chi connectivity index (χ0n) is 12.8. The normalized spacial score (nSPS) is 11.9. The number of hydrogen-bond donors (Lipinski definition) is 1. The summed E-state index contributed by atoms with van der Waals surface area (Å²) in [7, 11) is 0. The Morgan fingerprint density at radius 1 is 1.29 bits per heavy atom. The highest BCUT2D eigenvalue weighted by Gasteiger charge is 2.34. The lowest BCUT2D eigenvalue weighted by Gasteiger charge is -2.04. The zero-order valence-corrected chi connectivity index (χ0v) is 13.6. The molecule has 0 atom stereocenters. The SMILES string of the molecule is Cc1ccc2nc(NC(=O)Cn3nc(C(F)(F)F)cc3C)sc2c1. The van der Waals surface area contributed by atoms with Crippen LogP contribution in [-0.4, -0.2) is 20.7 Å². The van der Waals surface area contributed by atoms with E-state index >= 15 is 0 Å². The van der Waals surface area contributed by atoms with E-state index in [9.17, 15) is 18.0 Å². The first-order valence-electron chi connectivity index (χ1n) is 7.01. The molecular formula is C15H13F3N4OS. The van der Waals surface area contributed by atoms with Crippen molar-refractivity contribution in [1.82, 2.24) is 14.8 Å². The van der Waals surface area contributed by atoms with E-state index in [0.29, 0.717) is 5.13 Å². The summed E-state index contributed by atoms with van der Waals surface area (Å²) in [6.07, 6.45) is -4.53. The highest BCUT2D eigenvalue weighted by Crippen LogP contribution is 2.29. The standard InChI is InChI=1S/C15H13F3N4OS/c1-8-3-4-10-11(5-8)24-14(19-10)20-13(23)7-22-9(2)6-12(21-22)15(16,17)18/h3-6H,7H2,1-2H3,(H,19,20,23). The highest BCUT2D eigenvalue weighted by molar-refractivity contribution is 7.22. The predicted molar refractivity (Wildman–Crippen MR) is 85.0 cm³/mol. The minimum Gasteiger partial charge on any atom is -0.300 e. The first-order chi connectivity index (χ1) is 11.2. The number of alkyl halides is 3. The lowest BCUT2D eigenvalue weighted by atomic mass is 10.2. The predicted octanol–water partition coefficient (Wildman–Crippen LogP) is 3.77. The summed E-state index contributed by atoms with van der Waals surface area (Å²) in [5, 5.41) is 6.44. The third-order valence-electron chi connectivity index (χ3n) is 3.36. The number of rotatable bonds is 3. The molecule has 2 aromatic heterocycles. The van der Waals surface area contributed by atoms with E-state index in [1.54, 1.807) is 0 Å². The molecule has 1 aromatic carbocycles. The van der Waals surface area contributed by atoms with Crippen molar-refractivity contribution >= 4 is 32.6 Å². The van der Waals surface area contributed by atoms with Crippen molar-refractivity contribution < 1.29 is 18.0 Å². The van der Waals surface area contributed by atoms with Gasteiger partial charge in [0, 0.05) is 5.69 Å². The van der Waals surface area contributed by atoms with Gasteiger partial charge in [-0.15, -0.1) is 0 Å². The van der Waals surface area contributed by atoms with Crippen LogP contribution in [0.2, 0.25) is 0 Å². The number of aromatic nitrogens is 3. The molecule has 3 aromatic rings. The molecule has 126 valence electrons. The van der Waals surface area contributed by atoms with E-state index in [-0.39, 0.29) is 12.2 Å². The van der Waals surface area contributed by atoms with Crippen molar-refractivity contribution in [1.29, 1.82) is 0 Å². The molecule has 0 spiro atoms. The van der Waals surface area contributed by atoms with Gasteiger partial charge in [0.1, 0.15) is 6.54 Å². The van der Waals surface area contributed by atoms with Gasteiger partial charge in [0.15, 0.2) is 10.8 Å². The summed E-state index contributed by atoms with van der Waals surface area (Å²) in [6, 6.07) is 6.63. The fraction of sp³-hybridized carbons (Fsp3) is 0.267. The fourth-order valence-electron chi connectivity index (χ4n) is 2.19. The Hall–Kier alpha value is -2.42. The van der Waals surface area contributed by atoms with E-state index in [2.05, 4.69) is 15.4 Å². The fourth-order valence-corrected chi connectivity index (χ4v) is 3.17. The Bertz CT molecular complexity index is 913. The quantitative estimate of drug-likeness (QED) is 0.779. The molecule has 0 aliphatic carbocycles. The molecule has 0 bridgehead atoms. The monoisotopic (exact) mass is 354 g/mol. The Morgan fingerprint density at radius 2 is 2.04 bits per heavy atom. The number of hydrogen-bond acceptors (Lipinski definition) is 4. The largest absolute Gasteiger partial charge is 0.435 e. The third-order valence-corrected chi connectivity index (χ3v) is 4.29. The topological polar surface area (TPSA) is 59.8 Å². The van der Waals surface area contributed by atoms with Gasteiger partial charge in [-0.25, -0.2) is 4.98 Å². The van der Waals surface area contributed by atoms with Crippen LogP contribution in [0.25, 0.3) is 10.2 Å². The molecule has 1 amide bonds. The van der Waals surface area contributed by atoms with Crippen LogP contribution in [-0.2, 0) is 17.5 Å². The number of fused-ring (bicyclic) bond motifs is 1. The van der Waals surface area contributed by atoms with E-state index in [0.717, 1.165) is 26.5 Å². The Morgan fingerprint density at radius 3 is 2.71 bits per heavy atom. The van der Waals surface area contributed by atoms with Crippen molar-refractivity contribution in [2.75, 3.05) is 5.32 Å². The molecule has 3 rings (SSSR count). The minimum atomic E-state index is -4.53. The number of benzene rings is 1. The molecule has 0 aliphatic heterocycles. The molecule has 0 fully saturated rings. The van der Waals surface area contributed by atoms with E-state index < -0.39 is 17.8 Å². The molecule has 2 heterocycles. The van der Waals surface area contributed by atoms with Gasteiger partial charge in [-0.3, -0.25) is 9.48 Å². The Kier molecular flexibility index (Phi) is 4.04. The third kappa shape index (κ3) is 3.40. The molecule has 0 aliphatic rings. The van der Waals surface area contributed by atoms with Gasteiger partial charge < -0.3 is 5.32 Å².